The van der Waals surface area contributed by atoms with Crippen molar-refractivity contribution >= 4 is 36.6 Å². The average molecular weight is 383 g/mol. The van der Waals surface area contributed by atoms with Crippen LogP contribution >= 0.6 is 24.8 Å². The van der Waals surface area contributed by atoms with Gasteiger partial charge in [-0.15, -0.1) is 24.8 Å². The van der Waals surface area contributed by atoms with Gasteiger partial charge in [-0.3, -0.25) is 14.5 Å². The van der Waals surface area contributed by atoms with Crippen LogP contribution in [0, 0.1) is 0 Å². The largest absolute Gasteiger partial charge is 0.339 e. The molecule has 0 aromatic carbocycles. The molecule has 2 heterocycles. The van der Waals surface area contributed by atoms with Gasteiger partial charge in [-0.1, -0.05) is 0 Å². The molecule has 0 aromatic rings. The molecule has 1 unspecified atom stereocenters. The van der Waals surface area contributed by atoms with Crippen molar-refractivity contribution in [1.29, 1.82) is 0 Å². The number of piperidine rings is 1. The molecular formula is C16H32Cl2N4O2. The SMILES string of the molecule is CC1CCCCN1C(=O)CN1CCN(C(=O)C(C)(C)N)CC1.Cl.Cl. The van der Waals surface area contributed by atoms with E-state index in [9.17, 15) is 9.59 Å². The van der Waals surface area contributed by atoms with Crippen molar-refractivity contribution in [2.75, 3.05) is 39.3 Å². The third kappa shape index (κ3) is 6.06. The van der Waals surface area contributed by atoms with Gasteiger partial charge in [0.05, 0.1) is 12.1 Å². The summed E-state index contributed by atoms with van der Waals surface area (Å²) in [5, 5.41) is 0. The second-order valence-electron chi connectivity index (χ2n) is 7.22. The number of nitrogens with zero attached hydrogens (tertiary/aromatic N) is 3. The van der Waals surface area contributed by atoms with Gasteiger partial charge in [0, 0.05) is 38.8 Å². The van der Waals surface area contributed by atoms with Gasteiger partial charge in [-0.05, 0) is 40.0 Å². The van der Waals surface area contributed by atoms with Crippen molar-refractivity contribution in [2.45, 2.75) is 51.6 Å². The van der Waals surface area contributed by atoms with Crippen molar-refractivity contribution in [3.8, 4) is 0 Å². The van der Waals surface area contributed by atoms with E-state index in [4.69, 9.17) is 5.73 Å². The minimum atomic E-state index is -0.818. The second-order valence-corrected chi connectivity index (χ2v) is 7.22. The molecule has 0 aromatic heterocycles. The maximum atomic E-state index is 12.4. The lowest BCUT2D eigenvalue weighted by molar-refractivity contribution is -0.139. The van der Waals surface area contributed by atoms with Crippen LogP contribution in [-0.4, -0.2) is 77.4 Å². The normalized spacial score (nSPS) is 22.4. The number of likely N-dealkylation sites (tertiary alicyclic amines) is 1. The molecule has 2 rings (SSSR count). The molecule has 0 aliphatic carbocycles. The van der Waals surface area contributed by atoms with E-state index < -0.39 is 5.54 Å². The molecule has 0 spiro atoms. The summed E-state index contributed by atoms with van der Waals surface area (Å²) in [6.45, 7) is 9.78. The van der Waals surface area contributed by atoms with E-state index in [2.05, 4.69) is 11.8 Å². The Labute approximate surface area is 157 Å². The van der Waals surface area contributed by atoms with E-state index in [0.29, 0.717) is 25.7 Å². The predicted molar refractivity (Wildman–Crippen MR) is 101 cm³/mol. The Hall–Kier alpha value is -0.560. The molecule has 2 amide bonds. The average Bonchev–Trinajstić information content (AvgIpc) is 2.46. The molecular weight excluding hydrogens is 351 g/mol. The molecule has 0 saturated carbocycles. The van der Waals surface area contributed by atoms with Gasteiger partial charge in [0.25, 0.3) is 0 Å². The first kappa shape index (κ1) is 23.4. The van der Waals surface area contributed by atoms with Gasteiger partial charge >= 0.3 is 0 Å². The summed E-state index contributed by atoms with van der Waals surface area (Å²) in [5.74, 6) is 0.217. The quantitative estimate of drug-likeness (QED) is 0.793. The molecule has 24 heavy (non-hydrogen) atoms. The summed E-state index contributed by atoms with van der Waals surface area (Å²) in [6, 6.07) is 0.363. The fraction of sp³-hybridized carbons (Fsp3) is 0.875. The maximum Gasteiger partial charge on any atom is 0.242 e. The van der Waals surface area contributed by atoms with Gasteiger partial charge in [0.1, 0.15) is 0 Å². The maximum absolute atomic E-state index is 12.4. The standard InChI is InChI=1S/C16H30N4O2.2ClH/c1-13-6-4-5-7-20(13)14(21)12-18-8-10-19(11-9-18)15(22)16(2,3)17;;/h13H,4-12,17H2,1-3H3;2*1H. The van der Waals surface area contributed by atoms with E-state index >= 15 is 0 Å². The number of halogens is 2. The summed E-state index contributed by atoms with van der Waals surface area (Å²) >= 11 is 0. The van der Waals surface area contributed by atoms with Crippen LogP contribution in [-0.2, 0) is 9.59 Å². The van der Waals surface area contributed by atoms with Crippen LogP contribution < -0.4 is 5.73 Å². The van der Waals surface area contributed by atoms with Crippen LogP contribution in [0.15, 0.2) is 0 Å². The number of carbonyl (C=O) groups is 2. The number of hydrogen-bond donors (Lipinski definition) is 1. The number of rotatable bonds is 3. The zero-order chi connectivity index (χ0) is 16.3. The zero-order valence-electron chi connectivity index (χ0n) is 15.0. The molecule has 2 N–H and O–H groups in total. The molecule has 0 radical (unpaired) electrons. The second kappa shape index (κ2) is 9.80. The third-order valence-electron chi connectivity index (χ3n) is 4.69. The fourth-order valence-electron chi connectivity index (χ4n) is 3.27. The Bertz CT molecular complexity index is 421. The van der Waals surface area contributed by atoms with Crippen molar-refractivity contribution in [3.63, 3.8) is 0 Å². The molecule has 0 bridgehead atoms. The molecule has 1 atom stereocenters. The Morgan fingerprint density at radius 3 is 2.12 bits per heavy atom. The Balaban J connectivity index is 0.00000264. The van der Waals surface area contributed by atoms with E-state index in [1.165, 1.54) is 6.42 Å². The lowest BCUT2D eigenvalue weighted by Gasteiger charge is -2.39. The highest BCUT2D eigenvalue weighted by Crippen LogP contribution is 2.17. The molecule has 6 nitrogen and oxygen atoms in total. The van der Waals surface area contributed by atoms with Crippen molar-refractivity contribution in [3.05, 3.63) is 0 Å². The Morgan fingerprint density at radius 2 is 1.62 bits per heavy atom. The summed E-state index contributed by atoms with van der Waals surface area (Å²) in [7, 11) is 0. The highest BCUT2D eigenvalue weighted by molar-refractivity contribution is 5.86. The molecule has 2 aliphatic heterocycles. The van der Waals surface area contributed by atoms with Gasteiger partial charge in [0.15, 0.2) is 0 Å². The lowest BCUT2D eigenvalue weighted by Crippen LogP contribution is -2.58. The Morgan fingerprint density at radius 1 is 1.04 bits per heavy atom. The minimum absolute atomic E-state index is 0. The Kier molecular flexibility index (Phi) is 9.57. The van der Waals surface area contributed by atoms with Crippen molar-refractivity contribution < 1.29 is 9.59 Å². The number of carbonyl (C=O) groups excluding carboxylic acids is 2. The van der Waals surface area contributed by atoms with Crippen molar-refractivity contribution in [1.82, 2.24) is 14.7 Å². The molecule has 2 fully saturated rings. The predicted octanol–water partition coefficient (Wildman–Crippen LogP) is 1.11. The fourth-order valence-corrected chi connectivity index (χ4v) is 3.27. The monoisotopic (exact) mass is 382 g/mol. The van der Waals surface area contributed by atoms with Crippen LogP contribution in [0.5, 0.6) is 0 Å². The van der Waals surface area contributed by atoms with Crippen LogP contribution in [0.3, 0.4) is 0 Å². The molecule has 8 heteroatoms. The van der Waals surface area contributed by atoms with E-state index in [1.807, 2.05) is 9.80 Å². The van der Waals surface area contributed by atoms with Gasteiger partial charge in [-0.25, -0.2) is 0 Å². The molecule has 142 valence electrons. The number of amides is 2. The number of hydrogen-bond acceptors (Lipinski definition) is 4. The zero-order valence-corrected chi connectivity index (χ0v) is 16.6. The molecule has 2 saturated heterocycles. The van der Waals surface area contributed by atoms with E-state index in [1.54, 1.807) is 13.8 Å². The van der Waals surface area contributed by atoms with E-state index in [-0.39, 0.29) is 36.6 Å². The van der Waals surface area contributed by atoms with Crippen LogP contribution in [0.4, 0.5) is 0 Å². The third-order valence-corrected chi connectivity index (χ3v) is 4.69. The van der Waals surface area contributed by atoms with Gasteiger partial charge < -0.3 is 15.5 Å². The topological polar surface area (TPSA) is 69.9 Å². The van der Waals surface area contributed by atoms with E-state index in [0.717, 1.165) is 32.5 Å². The van der Waals surface area contributed by atoms with Crippen LogP contribution in [0.1, 0.15) is 40.0 Å². The highest BCUT2D eigenvalue weighted by Gasteiger charge is 2.31. The summed E-state index contributed by atoms with van der Waals surface area (Å²) in [4.78, 5) is 30.6. The number of piperazine rings is 1. The van der Waals surface area contributed by atoms with Crippen LogP contribution in [0.2, 0.25) is 0 Å². The van der Waals surface area contributed by atoms with Gasteiger partial charge in [0.2, 0.25) is 11.8 Å². The minimum Gasteiger partial charge on any atom is -0.339 e. The first-order valence-corrected chi connectivity index (χ1v) is 8.39. The number of nitrogens with two attached hydrogens (primary N) is 1. The lowest BCUT2D eigenvalue weighted by atomic mass is 10.0. The van der Waals surface area contributed by atoms with Crippen molar-refractivity contribution in [2.24, 2.45) is 5.73 Å². The first-order chi connectivity index (χ1) is 10.3. The summed E-state index contributed by atoms with van der Waals surface area (Å²) < 4.78 is 0. The highest BCUT2D eigenvalue weighted by atomic mass is 35.5. The van der Waals surface area contributed by atoms with Crippen LogP contribution in [0.25, 0.3) is 0 Å². The molecule has 2 aliphatic rings. The smallest absolute Gasteiger partial charge is 0.242 e. The summed E-state index contributed by atoms with van der Waals surface area (Å²) in [5.41, 5.74) is 5.05. The first-order valence-electron chi connectivity index (χ1n) is 8.39. The van der Waals surface area contributed by atoms with Gasteiger partial charge in [-0.2, -0.15) is 0 Å². The summed E-state index contributed by atoms with van der Waals surface area (Å²) in [6.07, 6.45) is 3.45.